The molecule has 0 saturated carbocycles. The number of thiocarbonyl (C=S) groups is 1. The number of aromatic nitrogens is 3. The molecule has 0 bridgehead atoms. The highest BCUT2D eigenvalue weighted by molar-refractivity contribution is 7.80. The first kappa shape index (κ1) is 16.9. The zero-order valence-corrected chi connectivity index (χ0v) is 15.3. The van der Waals surface area contributed by atoms with Crippen LogP contribution in [0.5, 0.6) is 5.75 Å². The molecule has 0 unspecified atom stereocenters. The number of nitrogens with zero attached hydrogens (tertiary/aromatic N) is 2. The lowest BCUT2D eigenvalue weighted by Crippen LogP contribution is -2.11. The highest BCUT2D eigenvalue weighted by atomic mass is 32.1. The van der Waals surface area contributed by atoms with Gasteiger partial charge in [-0.1, -0.05) is 26.1 Å². The summed E-state index contributed by atoms with van der Waals surface area (Å²) in [6, 6.07) is 4.23. The molecular formula is C17H20N4OS2. The van der Waals surface area contributed by atoms with E-state index >= 15 is 0 Å². The predicted octanol–water partition coefficient (Wildman–Crippen LogP) is 3.63. The third-order valence-electron chi connectivity index (χ3n) is 3.59. The molecule has 3 N–H and O–H groups in total. The summed E-state index contributed by atoms with van der Waals surface area (Å²) >= 11 is 6.62. The number of benzene rings is 1. The Morgan fingerprint density at radius 3 is 2.92 bits per heavy atom. The van der Waals surface area contributed by atoms with E-state index in [2.05, 4.69) is 41.2 Å². The van der Waals surface area contributed by atoms with Crippen molar-refractivity contribution in [2.45, 2.75) is 33.3 Å². The van der Waals surface area contributed by atoms with Crippen LogP contribution in [-0.4, -0.2) is 20.2 Å². The number of nitrogens with one attached hydrogen (secondary N) is 1. The van der Waals surface area contributed by atoms with Gasteiger partial charge in [0.2, 0.25) is 0 Å². The Balaban J connectivity index is 1.98. The maximum absolute atomic E-state index is 6.01. The van der Waals surface area contributed by atoms with Crippen LogP contribution in [-0.2, 0) is 19.4 Å². The van der Waals surface area contributed by atoms with E-state index in [-0.39, 0.29) is 0 Å². The number of hydrogen-bond acceptors (Lipinski definition) is 5. The van der Waals surface area contributed by atoms with Crippen LogP contribution in [0.3, 0.4) is 0 Å². The number of rotatable bonds is 7. The molecule has 7 heteroatoms. The van der Waals surface area contributed by atoms with Crippen molar-refractivity contribution in [2.75, 3.05) is 0 Å². The lowest BCUT2D eigenvalue weighted by molar-refractivity contribution is 0.308. The molecule has 0 amide bonds. The fourth-order valence-electron chi connectivity index (χ4n) is 2.67. The number of hydrogen-bond donors (Lipinski definition) is 2. The Labute approximate surface area is 150 Å². The zero-order chi connectivity index (χ0) is 17.1. The highest BCUT2D eigenvalue weighted by Gasteiger charge is 2.14. The summed E-state index contributed by atoms with van der Waals surface area (Å²) in [5.41, 5.74) is 8.66. The summed E-state index contributed by atoms with van der Waals surface area (Å²) in [6.45, 7) is 4.84. The lowest BCUT2D eigenvalue weighted by atomic mass is 10.00. The minimum absolute atomic E-state index is 0.440. The molecular weight excluding hydrogens is 340 g/mol. The largest absolute Gasteiger partial charge is 0.484 e. The van der Waals surface area contributed by atoms with E-state index < -0.39 is 0 Å². The van der Waals surface area contributed by atoms with E-state index in [0.717, 1.165) is 33.8 Å². The molecule has 0 aliphatic heterocycles. The second-order valence-electron chi connectivity index (χ2n) is 6.15. The Bertz CT molecular complexity index is 840. The van der Waals surface area contributed by atoms with Gasteiger partial charge >= 0.3 is 0 Å². The van der Waals surface area contributed by atoms with Gasteiger partial charge in [-0.3, -0.25) is 5.10 Å². The van der Waals surface area contributed by atoms with Crippen molar-refractivity contribution in [3.05, 3.63) is 40.0 Å². The molecule has 0 atom stereocenters. The molecule has 5 nitrogen and oxygen atoms in total. The predicted molar refractivity (Wildman–Crippen MR) is 102 cm³/mol. The first-order valence-electron chi connectivity index (χ1n) is 7.82. The molecule has 0 fully saturated rings. The smallest absolute Gasteiger partial charge is 0.148 e. The maximum atomic E-state index is 6.01. The van der Waals surface area contributed by atoms with Crippen LogP contribution in [0.4, 0.5) is 0 Å². The van der Waals surface area contributed by atoms with E-state index in [0.29, 0.717) is 23.9 Å². The molecule has 3 rings (SSSR count). The van der Waals surface area contributed by atoms with Crippen molar-refractivity contribution in [1.29, 1.82) is 0 Å². The second kappa shape index (κ2) is 7.27. The number of ether oxygens (including phenoxy) is 1. The topological polar surface area (TPSA) is 76.8 Å². The summed E-state index contributed by atoms with van der Waals surface area (Å²) < 4.78 is 6.01. The third-order valence-corrected chi connectivity index (χ3v) is 4.49. The average Bonchev–Trinajstić information content (AvgIpc) is 3.14. The van der Waals surface area contributed by atoms with Gasteiger partial charge < -0.3 is 10.5 Å². The summed E-state index contributed by atoms with van der Waals surface area (Å²) in [4.78, 5) is 4.70. The zero-order valence-electron chi connectivity index (χ0n) is 13.7. The Morgan fingerprint density at radius 1 is 1.42 bits per heavy atom. The number of aromatic amines is 1. The van der Waals surface area contributed by atoms with Crippen LogP contribution in [0.25, 0.3) is 10.9 Å². The van der Waals surface area contributed by atoms with Gasteiger partial charge in [-0.15, -0.1) is 11.3 Å². The highest BCUT2D eigenvalue weighted by Crippen LogP contribution is 2.30. The molecule has 0 spiro atoms. The SMILES string of the molecule is CC(C)Cc1cc(OCc2nccs2)c2n[nH]c(CC(N)=S)c2c1. The van der Waals surface area contributed by atoms with Gasteiger partial charge in [0.15, 0.2) is 0 Å². The molecule has 24 heavy (non-hydrogen) atoms. The molecule has 0 aliphatic carbocycles. The minimum atomic E-state index is 0.440. The van der Waals surface area contributed by atoms with Crippen LogP contribution < -0.4 is 10.5 Å². The van der Waals surface area contributed by atoms with Gasteiger partial charge in [0.25, 0.3) is 0 Å². The van der Waals surface area contributed by atoms with Crippen molar-refractivity contribution in [2.24, 2.45) is 11.7 Å². The van der Waals surface area contributed by atoms with E-state index in [1.54, 1.807) is 17.5 Å². The molecule has 3 aromatic rings. The molecule has 0 aliphatic rings. The fourth-order valence-corrected chi connectivity index (χ4v) is 3.34. The van der Waals surface area contributed by atoms with Crippen molar-refractivity contribution >= 4 is 39.4 Å². The number of fused-ring (bicyclic) bond motifs is 1. The van der Waals surface area contributed by atoms with Crippen LogP contribution in [0, 0.1) is 5.92 Å². The Kier molecular flexibility index (Phi) is 5.11. The van der Waals surface area contributed by atoms with Crippen LogP contribution >= 0.6 is 23.6 Å². The second-order valence-corrected chi connectivity index (χ2v) is 7.65. The summed E-state index contributed by atoms with van der Waals surface area (Å²) in [5.74, 6) is 1.32. The molecule has 0 saturated heterocycles. The monoisotopic (exact) mass is 360 g/mol. The van der Waals surface area contributed by atoms with Gasteiger partial charge in [0.05, 0.1) is 4.99 Å². The van der Waals surface area contributed by atoms with Crippen LogP contribution in [0.15, 0.2) is 23.7 Å². The van der Waals surface area contributed by atoms with E-state index in [1.807, 2.05) is 5.38 Å². The van der Waals surface area contributed by atoms with Gasteiger partial charge in [-0.2, -0.15) is 5.10 Å². The van der Waals surface area contributed by atoms with Gasteiger partial charge in [0.1, 0.15) is 22.9 Å². The standard InChI is InChI=1S/C17H20N4OS2/c1-10(2)5-11-6-12-13(8-15(18)23)20-21-17(12)14(7-11)22-9-16-19-3-4-24-16/h3-4,6-7,10H,5,8-9H2,1-2H3,(H2,18,23)(H,20,21). The normalized spacial score (nSPS) is 11.3. The quantitative estimate of drug-likeness (QED) is 0.629. The van der Waals surface area contributed by atoms with Crippen molar-refractivity contribution in [3.8, 4) is 5.75 Å². The van der Waals surface area contributed by atoms with Crippen molar-refractivity contribution < 1.29 is 4.74 Å². The van der Waals surface area contributed by atoms with Crippen molar-refractivity contribution in [3.63, 3.8) is 0 Å². The molecule has 0 radical (unpaired) electrons. The average molecular weight is 361 g/mol. The van der Waals surface area contributed by atoms with E-state index in [9.17, 15) is 0 Å². The first-order chi connectivity index (χ1) is 11.5. The van der Waals surface area contributed by atoms with Crippen LogP contribution in [0.1, 0.15) is 30.1 Å². The lowest BCUT2D eigenvalue weighted by Gasteiger charge is -2.10. The van der Waals surface area contributed by atoms with Gasteiger partial charge in [-0.05, 0) is 30.0 Å². The summed E-state index contributed by atoms with van der Waals surface area (Å²) in [7, 11) is 0. The first-order valence-corrected chi connectivity index (χ1v) is 9.11. The van der Waals surface area contributed by atoms with Crippen LogP contribution in [0.2, 0.25) is 0 Å². The van der Waals surface area contributed by atoms with E-state index in [4.69, 9.17) is 22.7 Å². The summed E-state index contributed by atoms with van der Waals surface area (Å²) in [6.07, 6.45) is 3.26. The fraction of sp³-hybridized carbons (Fsp3) is 0.353. The molecule has 2 heterocycles. The number of nitrogens with two attached hydrogens (primary N) is 1. The molecule has 126 valence electrons. The number of thiazole rings is 1. The van der Waals surface area contributed by atoms with Gasteiger partial charge in [-0.25, -0.2) is 4.98 Å². The molecule has 2 aromatic heterocycles. The third kappa shape index (κ3) is 3.91. The Morgan fingerprint density at radius 2 is 2.25 bits per heavy atom. The Hall–Kier alpha value is -1.99. The maximum Gasteiger partial charge on any atom is 0.148 e. The number of H-pyrrole nitrogens is 1. The summed E-state index contributed by atoms with van der Waals surface area (Å²) in [5, 5.41) is 11.4. The van der Waals surface area contributed by atoms with Gasteiger partial charge in [0, 0.05) is 29.1 Å². The van der Waals surface area contributed by atoms with Crippen molar-refractivity contribution in [1.82, 2.24) is 15.2 Å². The van der Waals surface area contributed by atoms with E-state index in [1.165, 1.54) is 5.56 Å². The minimum Gasteiger partial charge on any atom is -0.484 e. The molecule has 1 aromatic carbocycles.